The number of benzene rings is 2. The lowest BCUT2D eigenvalue weighted by Crippen LogP contribution is -1.99. The smallest absolute Gasteiger partial charge is 0.336 e. The molecule has 0 saturated carbocycles. The van der Waals surface area contributed by atoms with Crippen LogP contribution in [-0.4, -0.2) is 16.2 Å². The van der Waals surface area contributed by atoms with Gasteiger partial charge in [-0.25, -0.2) is 4.79 Å². The first-order chi connectivity index (χ1) is 8.63. The highest BCUT2D eigenvalue weighted by Gasteiger charge is 2.11. The van der Waals surface area contributed by atoms with Crippen LogP contribution >= 0.6 is 0 Å². The first kappa shape index (κ1) is 12.6. The summed E-state index contributed by atoms with van der Waals surface area (Å²) in [6.07, 6.45) is 1.14. The molecule has 1 atom stereocenters. The van der Waals surface area contributed by atoms with Gasteiger partial charge < -0.3 is 10.2 Å². The van der Waals surface area contributed by atoms with Gasteiger partial charge in [0.25, 0.3) is 0 Å². The van der Waals surface area contributed by atoms with Crippen LogP contribution in [0.3, 0.4) is 0 Å². The van der Waals surface area contributed by atoms with Crippen molar-refractivity contribution in [2.75, 3.05) is 0 Å². The number of aliphatic hydroxyl groups is 1. The third kappa shape index (κ3) is 2.36. The van der Waals surface area contributed by atoms with Crippen molar-refractivity contribution in [3.05, 3.63) is 47.5 Å². The maximum absolute atomic E-state index is 11.1. The van der Waals surface area contributed by atoms with E-state index in [1.54, 1.807) is 24.3 Å². The number of hydrogen-bond donors (Lipinski definition) is 2. The van der Waals surface area contributed by atoms with E-state index in [1.165, 1.54) is 0 Å². The molecule has 3 heteroatoms. The summed E-state index contributed by atoms with van der Waals surface area (Å²) in [6, 6.07) is 10.6. The Morgan fingerprint density at radius 3 is 2.72 bits per heavy atom. The van der Waals surface area contributed by atoms with Gasteiger partial charge in [-0.2, -0.15) is 0 Å². The maximum atomic E-state index is 11.1. The first-order valence-corrected chi connectivity index (χ1v) is 6.07. The Bertz CT molecular complexity index is 575. The molecule has 3 nitrogen and oxygen atoms in total. The highest BCUT2D eigenvalue weighted by molar-refractivity contribution is 6.03. The number of fused-ring (bicyclic) bond motifs is 1. The summed E-state index contributed by atoms with van der Waals surface area (Å²) < 4.78 is 0. The van der Waals surface area contributed by atoms with Gasteiger partial charge in [0.1, 0.15) is 0 Å². The molecule has 2 aromatic rings. The molecule has 0 heterocycles. The normalized spacial score (nSPS) is 12.6. The zero-order valence-corrected chi connectivity index (χ0v) is 10.3. The van der Waals surface area contributed by atoms with Crippen molar-refractivity contribution in [3.63, 3.8) is 0 Å². The summed E-state index contributed by atoms with van der Waals surface area (Å²) in [6.45, 7) is 2.02. The fourth-order valence-electron chi connectivity index (χ4n) is 2.14. The van der Waals surface area contributed by atoms with Crippen molar-refractivity contribution in [2.24, 2.45) is 0 Å². The lowest BCUT2D eigenvalue weighted by molar-refractivity contribution is 0.0699. The molecule has 0 aliphatic rings. The minimum atomic E-state index is -0.928. The van der Waals surface area contributed by atoms with Crippen LogP contribution in [0.2, 0.25) is 0 Å². The second-order valence-corrected chi connectivity index (χ2v) is 4.40. The second kappa shape index (κ2) is 5.19. The summed E-state index contributed by atoms with van der Waals surface area (Å²) in [7, 11) is 0. The molecule has 0 aliphatic carbocycles. The van der Waals surface area contributed by atoms with E-state index in [4.69, 9.17) is 5.11 Å². The van der Waals surface area contributed by atoms with Crippen molar-refractivity contribution < 1.29 is 15.0 Å². The van der Waals surface area contributed by atoms with E-state index in [2.05, 4.69) is 0 Å². The molecule has 0 aliphatic heterocycles. The quantitative estimate of drug-likeness (QED) is 0.866. The predicted octanol–water partition coefficient (Wildman–Crippen LogP) is 3.37. The fraction of sp³-hybridized carbons (Fsp3) is 0.267. The zero-order valence-electron chi connectivity index (χ0n) is 10.3. The maximum Gasteiger partial charge on any atom is 0.336 e. The van der Waals surface area contributed by atoms with Gasteiger partial charge in [-0.15, -0.1) is 0 Å². The van der Waals surface area contributed by atoms with E-state index in [0.29, 0.717) is 17.4 Å². The Labute approximate surface area is 106 Å². The number of aromatic carboxylic acids is 1. The van der Waals surface area contributed by atoms with E-state index in [9.17, 15) is 9.90 Å². The third-order valence-electron chi connectivity index (χ3n) is 3.08. The van der Waals surface area contributed by atoms with Gasteiger partial charge in [0, 0.05) is 0 Å². The molecule has 0 spiro atoms. The van der Waals surface area contributed by atoms with Crippen molar-refractivity contribution in [2.45, 2.75) is 25.9 Å². The van der Waals surface area contributed by atoms with Crippen LogP contribution in [-0.2, 0) is 0 Å². The minimum absolute atomic E-state index is 0.295. The van der Waals surface area contributed by atoms with Crippen LogP contribution in [0.4, 0.5) is 0 Å². The fourth-order valence-corrected chi connectivity index (χ4v) is 2.14. The molecule has 94 valence electrons. The Hall–Kier alpha value is -1.87. The Morgan fingerprint density at radius 2 is 2.06 bits per heavy atom. The topological polar surface area (TPSA) is 57.5 Å². The van der Waals surface area contributed by atoms with Gasteiger partial charge >= 0.3 is 5.97 Å². The van der Waals surface area contributed by atoms with E-state index >= 15 is 0 Å². The van der Waals surface area contributed by atoms with Gasteiger partial charge in [0.05, 0.1) is 11.7 Å². The van der Waals surface area contributed by atoms with Gasteiger partial charge in [0.2, 0.25) is 0 Å². The van der Waals surface area contributed by atoms with Gasteiger partial charge in [-0.3, -0.25) is 0 Å². The molecular weight excluding hydrogens is 228 g/mol. The molecule has 0 saturated heterocycles. The largest absolute Gasteiger partial charge is 0.478 e. The van der Waals surface area contributed by atoms with Crippen LogP contribution in [0.25, 0.3) is 10.8 Å². The van der Waals surface area contributed by atoms with Crippen LogP contribution < -0.4 is 0 Å². The average molecular weight is 244 g/mol. The van der Waals surface area contributed by atoms with E-state index in [0.717, 1.165) is 17.4 Å². The van der Waals surface area contributed by atoms with Crippen molar-refractivity contribution in [1.29, 1.82) is 0 Å². The minimum Gasteiger partial charge on any atom is -0.478 e. The van der Waals surface area contributed by atoms with Gasteiger partial charge in [-0.1, -0.05) is 37.6 Å². The molecule has 2 N–H and O–H groups in total. The lowest BCUT2D eigenvalue weighted by atomic mass is 9.98. The molecule has 2 rings (SSSR count). The molecule has 0 unspecified atom stereocenters. The van der Waals surface area contributed by atoms with Crippen molar-refractivity contribution in [3.8, 4) is 0 Å². The van der Waals surface area contributed by atoms with Gasteiger partial charge in [0.15, 0.2) is 0 Å². The first-order valence-electron chi connectivity index (χ1n) is 6.07. The summed E-state index contributed by atoms with van der Waals surface area (Å²) in [5.41, 5.74) is 1.14. The predicted molar refractivity (Wildman–Crippen MR) is 70.8 cm³/mol. The Balaban J connectivity index is 2.50. The van der Waals surface area contributed by atoms with Crippen LogP contribution in [0.15, 0.2) is 36.4 Å². The van der Waals surface area contributed by atoms with Crippen LogP contribution in [0.1, 0.15) is 41.8 Å². The molecule has 18 heavy (non-hydrogen) atoms. The van der Waals surface area contributed by atoms with Crippen LogP contribution in [0, 0.1) is 0 Å². The van der Waals surface area contributed by atoms with Crippen molar-refractivity contribution >= 4 is 16.7 Å². The summed E-state index contributed by atoms with van der Waals surface area (Å²) in [5, 5.41) is 20.6. The number of carbonyl (C=O) groups is 1. The molecule has 0 bridgehead atoms. The molecule has 0 aromatic heterocycles. The van der Waals surface area contributed by atoms with Crippen molar-refractivity contribution in [1.82, 2.24) is 0 Å². The Morgan fingerprint density at radius 1 is 1.28 bits per heavy atom. The zero-order chi connectivity index (χ0) is 13.1. The molecule has 0 fully saturated rings. The molecule has 2 aromatic carbocycles. The monoisotopic (exact) mass is 244 g/mol. The number of hydrogen-bond acceptors (Lipinski definition) is 2. The van der Waals surface area contributed by atoms with Crippen LogP contribution in [0.5, 0.6) is 0 Å². The number of rotatable bonds is 4. The molecule has 0 radical (unpaired) electrons. The van der Waals surface area contributed by atoms with E-state index in [1.807, 2.05) is 19.1 Å². The number of aliphatic hydroxyl groups excluding tert-OH is 1. The summed E-state index contributed by atoms with van der Waals surface area (Å²) in [5.74, 6) is -0.928. The Kier molecular flexibility index (Phi) is 3.63. The molecule has 0 amide bonds. The number of carboxylic acid groups (broad SMARTS) is 1. The average Bonchev–Trinajstić information content (AvgIpc) is 2.37. The summed E-state index contributed by atoms with van der Waals surface area (Å²) in [4.78, 5) is 11.1. The standard InChI is InChI=1S/C15H16O3/c1-2-4-14(16)11-7-8-12-10(9-11)5-3-6-13(12)15(17)18/h3,5-9,14,16H,2,4H2,1H3,(H,17,18)/t14-/m1/s1. The van der Waals surface area contributed by atoms with E-state index < -0.39 is 12.1 Å². The SMILES string of the molecule is CCC[C@@H](O)c1ccc2c(C(=O)O)cccc2c1. The highest BCUT2D eigenvalue weighted by atomic mass is 16.4. The summed E-state index contributed by atoms with van der Waals surface area (Å²) >= 11 is 0. The van der Waals surface area contributed by atoms with E-state index in [-0.39, 0.29) is 0 Å². The number of carboxylic acids is 1. The lowest BCUT2D eigenvalue weighted by Gasteiger charge is -2.11. The highest BCUT2D eigenvalue weighted by Crippen LogP contribution is 2.25. The van der Waals surface area contributed by atoms with Gasteiger partial charge in [-0.05, 0) is 34.9 Å². The molecular formula is C15H16O3. The second-order valence-electron chi connectivity index (χ2n) is 4.40. The third-order valence-corrected chi connectivity index (χ3v) is 3.08.